The highest BCUT2D eigenvalue weighted by atomic mass is 32.2. The Bertz CT molecular complexity index is 497. The average molecular weight is 243 g/mol. The van der Waals surface area contributed by atoms with Gasteiger partial charge in [-0.25, -0.2) is 8.42 Å². The van der Waals surface area contributed by atoms with Crippen molar-refractivity contribution in [2.45, 2.75) is 18.9 Å². The molecule has 0 spiro atoms. The van der Waals surface area contributed by atoms with Crippen LogP contribution in [0.2, 0.25) is 0 Å². The normalized spacial score (nSPS) is 15.8. The third-order valence-corrected chi connectivity index (χ3v) is 2.62. The second-order valence-corrected chi connectivity index (χ2v) is 5.55. The number of nitrogens with two attached hydrogens (primary N) is 1. The molecule has 16 heavy (non-hydrogen) atoms. The van der Waals surface area contributed by atoms with Crippen molar-refractivity contribution in [2.75, 3.05) is 16.7 Å². The summed E-state index contributed by atoms with van der Waals surface area (Å²) in [5, 5.41) is 0. The molecule has 7 heteroatoms. The monoisotopic (exact) mass is 243 g/mol. The molecule has 0 atom stereocenters. The number of ether oxygens (including phenoxy) is 1. The van der Waals surface area contributed by atoms with Crippen LogP contribution >= 0.6 is 0 Å². The van der Waals surface area contributed by atoms with E-state index in [0.29, 0.717) is 11.4 Å². The maximum absolute atomic E-state index is 11.1. The minimum absolute atomic E-state index is 0.143. The third kappa shape index (κ3) is 2.75. The van der Waals surface area contributed by atoms with Crippen molar-refractivity contribution < 1.29 is 13.2 Å². The Labute approximate surface area is 93.9 Å². The molecule has 0 aliphatic heterocycles. The van der Waals surface area contributed by atoms with Gasteiger partial charge in [0, 0.05) is 0 Å². The molecule has 1 aliphatic rings. The second-order valence-electron chi connectivity index (χ2n) is 3.80. The molecule has 0 aromatic carbocycles. The van der Waals surface area contributed by atoms with Crippen LogP contribution in [0.15, 0.2) is 12.4 Å². The van der Waals surface area contributed by atoms with Crippen molar-refractivity contribution in [1.82, 2.24) is 4.98 Å². The van der Waals surface area contributed by atoms with Crippen LogP contribution in [0.25, 0.3) is 0 Å². The Balaban J connectivity index is 2.31. The number of anilines is 2. The fourth-order valence-electron chi connectivity index (χ4n) is 1.22. The van der Waals surface area contributed by atoms with Crippen LogP contribution in [0.5, 0.6) is 5.75 Å². The molecule has 0 unspecified atom stereocenters. The summed E-state index contributed by atoms with van der Waals surface area (Å²) >= 11 is 0. The maximum Gasteiger partial charge on any atom is 0.229 e. The minimum Gasteiger partial charge on any atom is -0.486 e. The summed E-state index contributed by atoms with van der Waals surface area (Å²) in [6, 6.07) is 0. The predicted molar refractivity (Wildman–Crippen MR) is 60.8 cm³/mol. The molecular formula is C9H13N3O3S. The smallest absolute Gasteiger partial charge is 0.229 e. The van der Waals surface area contributed by atoms with Crippen LogP contribution in [0.4, 0.5) is 11.4 Å². The fourth-order valence-corrected chi connectivity index (χ4v) is 1.77. The molecule has 0 bridgehead atoms. The van der Waals surface area contributed by atoms with Crippen molar-refractivity contribution in [2.24, 2.45) is 0 Å². The predicted octanol–water partition coefficient (Wildman–Crippen LogP) is 0.576. The first-order valence-corrected chi connectivity index (χ1v) is 6.73. The van der Waals surface area contributed by atoms with Gasteiger partial charge in [0.25, 0.3) is 0 Å². The van der Waals surface area contributed by atoms with E-state index in [0.717, 1.165) is 19.1 Å². The van der Waals surface area contributed by atoms with Gasteiger partial charge in [0.1, 0.15) is 5.69 Å². The molecule has 1 aromatic heterocycles. The van der Waals surface area contributed by atoms with Gasteiger partial charge in [-0.1, -0.05) is 0 Å². The summed E-state index contributed by atoms with van der Waals surface area (Å²) in [7, 11) is -3.36. The van der Waals surface area contributed by atoms with Gasteiger partial charge in [-0.15, -0.1) is 0 Å². The topological polar surface area (TPSA) is 94.3 Å². The van der Waals surface area contributed by atoms with Crippen LogP contribution in [-0.4, -0.2) is 25.8 Å². The fraction of sp³-hybridized carbons (Fsp3) is 0.444. The van der Waals surface area contributed by atoms with E-state index in [-0.39, 0.29) is 11.8 Å². The lowest BCUT2D eigenvalue weighted by atomic mass is 10.3. The van der Waals surface area contributed by atoms with Gasteiger partial charge in [-0.3, -0.25) is 9.71 Å². The molecule has 2 rings (SSSR count). The molecule has 1 aliphatic carbocycles. The molecule has 0 amide bonds. The number of pyridine rings is 1. The summed E-state index contributed by atoms with van der Waals surface area (Å²) in [5.41, 5.74) is 6.31. The first kappa shape index (κ1) is 11.0. The van der Waals surface area contributed by atoms with E-state index in [2.05, 4.69) is 9.71 Å². The number of nitrogen functional groups attached to an aromatic ring is 1. The summed E-state index contributed by atoms with van der Waals surface area (Å²) < 4.78 is 30.1. The van der Waals surface area contributed by atoms with Crippen LogP contribution in [0, 0.1) is 0 Å². The quantitative estimate of drug-likeness (QED) is 0.806. The van der Waals surface area contributed by atoms with Crippen LogP contribution in [0.3, 0.4) is 0 Å². The number of nitrogens with zero attached hydrogens (tertiary/aromatic N) is 1. The van der Waals surface area contributed by atoms with E-state index in [1.165, 1.54) is 12.4 Å². The largest absolute Gasteiger partial charge is 0.486 e. The van der Waals surface area contributed by atoms with Gasteiger partial charge in [-0.05, 0) is 12.8 Å². The molecule has 88 valence electrons. The molecule has 1 aromatic rings. The number of aromatic nitrogens is 1. The Kier molecular flexibility index (Phi) is 2.63. The zero-order valence-corrected chi connectivity index (χ0v) is 9.62. The van der Waals surface area contributed by atoms with Crippen molar-refractivity contribution in [3.63, 3.8) is 0 Å². The molecule has 0 radical (unpaired) electrons. The molecule has 1 heterocycles. The van der Waals surface area contributed by atoms with E-state index in [1.807, 2.05) is 0 Å². The standard InChI is InChI=1S/C9H13N3O3S/c1-16(13,14)12-8-5-11-4-7(10)9(8)15-6-2-3-6/h4-6,12H,2-3,10H2,1H3. The van der Waals surface area contributed by atoms with E-state index < -0.39 is 10.0 Å². The Morgan fingerprint density at radius 1 is 1.50 bits per heavy atom. The molecule has 1 fully saturated rings. The first-order valence-electron chi connectivity index (χ1n) is 4.83. The molecule has 0 saturated heterocycles. The summed E-state index contributed by atoms with van der Waals surface area (Å²) in [6.45, 7) is 0. The second kappa shape index (κ2) is 3.82. The van der Waals surface area contributed by atoms with Crippen LogP contribution in [0.1, 0.15) is 12.8 Å². The summed E-state index contributed by atoms with van der Waals surface area (Å²) in [6.07, 6.45) is 5.97. The van der Waals surface area contributed by atoms with Gasteiger partial charge in [0.2, 0.25) is 10.0 Å². The first-order chi connectivity index (χ1) is 7.46. The van der Waals surface area contributed by atoms with Crippen LogP contribution in [-0.2, 0) is 10.0 Å². The number of hydrogen-bond acceptors (Lipinski definition) is 5. The van der Waals surface area contributed by atoms with E-state index in [1.54, 1.807) is 0 Å². The average Bonchev–Trinajstić information content (AvgIpc) is 2.92. The molecule has 1 saturated carbocycles. The van der Waals surface area contributed by atoms with Gasteiger partial charge in [0.05, 0.1) is 30.4 Å². The van der Waals surface area contributed by atoms with E-state index in [9.17, 15) is 8.42 Å². The lowest BCUT2D eigenvalue weighted by molar-refractivity contribution is 0.306. The van der Waals surface area contributed by atoms with Crippen molar-refractivity contribution in [3.8, 4) is 5.75 Å². The number of nitrogens with one attached hydrogen (secondary N) is 1. The van der Waals surface area contributed by atoms with E-state index >= 15 is 0 Å². The zero-order chi connectivity index (χ0) is 11.8. The van der Waals surface area contributed by atoms with Crippen molar-refractivity contribution >= 4 is 21.4 Å². The van der Waals surface area contributed by atoms with Crippen LogP contribution < -0.4 is 15.2 Å². The SMILES string of the molecule is CS(=O)(=O)Nc1cncc(N)c1OC1CC1. The Morgan fingerprint density at radius 2 is 2.19 bits per heavy atom. The van der Waals surface area contributed by atoms with Gasteiger partial charge in [0.15, 0.2) is 5.75 Å². The Hall–Kier alpha value is -1.50. The number of hydrogen-bond donors (Lipinski definition) is 2. The third-order valence-electron chi connectivity index (χ3n) is 2.03. The summed E-state index contributed by atoms with van der Waals surface area (Å²) in [4.78, 5) is 3.82. The highest BCUT2D eigenvalue weighted by Gasteiger charge is 2.26. The zero-order valence-electron chi connectivity index (χ0n) is 8.80. The summed E-state index contributed by atoms with van der Waals surface area (Å²) in [5.74, 6) is 0.364. The molecule has 3 N–H and O–H groups in total. The van der Waals surface area contributed by atoms with E-state index in [4.69, 9.17) is 10.5 Å². The number of rotatable bonds is 4. The lowest BCUT2D eigenvalue weighted by Gasteiger charge is -2.13. The Morgan fingerprint density at radius 3 is 2.75 bits per heavy atom. The van der Waals surface area contributed by atoms with Gasteiger partial charge in [-0.2, -0.15) is 0 Å². The minimum atomic E-state index is -3.36. The number of sulfonamides is 1. The highest BCUT2D eigenvalue weighted by Crippen LogP contribution is 2.36. The van der Waals surface area contributed by atoms with Gasteiger partial charge < -0.3 is 10.5 Å². The van der Waals surface area contributed by atoms with Crippen molar-refractivity contribution in [3.05, 3.63) is 12.4 Å². The van der Waals surface area contributed by atoms with Crippen molar-refractivity contribution in [1.29, 1.82) is 0 Å². The molecule has 6 nitrogen and oxygen atoms in total. The van der Waals surface area contributed by atoms with Gasteiger partial charge >= 0.3 is 0 Å². The highest BCUT2D eigenvalue weighted by molar-refractivity contribution is 7.92. The molecular weight excluding hydrogens is 230 g/mol. The maximum atomic E-state index is 11.1. The lowest BCUT2D eigenvalue weighted by Crippen LogP contribution is -2.12.